The van der Waals surface area contributed by atoms with Crippen LogP contribution in [0.5, 0.6) is 0 Å². The Kier molecular flexibility index (Phi) is 4.19. The van der Waals surface area contributed by atoms with Crippen molar-refractivity contribution in [1.29, 1.82) is 0 Å². The quantitative estimate of drug-likeness (QED) is 0.758. The number of rotatable bonds is 7. The second-order valence-corrected chi connectivity index (χ2v) is 5.26. The molecular weight excluding hydrogens is 208 g/mol. The average molecular weight is 232 g/mol. The highest BCUT2D eigenvalue weighted by atomic mass is 14.9. The van der Waals surface area contributed by atoms with Crippen molar-refractivity contribution in [1.82, 2.24) is 5.32 Å². The molecule has 0 unspecified atom stereocenters. The van der Waals surface area contributed by atoms with Gasteiger partial charge < -0.3 is 11.1 Å². The van der Waals surface area contributed by atoms with E-state index in [0.717, 1.165) is 19.5 Å². The van der Waals surface area contributed by atoms with Crippen LogP contribution >= 0.6 is 0 Å². The van der Waals surface area contributed by atoms with Crippen molar-refractivity contribution in [3.63, 3.8) is 0 Å². The third kappa shape index (κ3) is 3.30. The molecule has 2 nitrogen and oxygen atoms in total. The van der Waals surface area contributed by atoms with Gasteiger partial charge in [0.25, 0.3) is 0 Å². The summed E-state index contributed by atoms with van der Waals surface area (Å²) < 4.78 is 0. The summed E-state index contributed by atoms with van der Waals surface area (Å²) in [7, 11) is 0. The Hall–Kier alpha value is -0.860. The molecule has 0 bridgehead atoms. The van der Waals surface area contributed by atoms with Gasteiger partial charge in [0, 0.05) is 13.1 Å². The third-order valence-corrected chi connectivity index (χ3v) is 4.05. The molecule has 3 N–H and O–H groups in total. The maximum absolute atomic E-state index is 5.64. The minimum atomic E-state index is 0.628. The fourth-order valence-corrected chi connectivity index (χ4v) is 2.42. The summed E-state index contributed by atoms with van der Waals surface area (Å²) >= 11 is 0. The molecule has 17 heavy (non-hydrogen) atoms. The Morgan fingerprint density at radius 1 is 1.24 bits per heavy atom. The van der Waals surface area contributed by atoms with Gasteiger partial charge >= 0.3 is 0 Å². The SMILES string of the molecule is CCC1(CNCc2ccccc2CCN)CC1. The Morgan fingerprint density at radius 3 is 2.53 bits per heavy atom. The molecule has 1 aromatic carbocycles. The minimum absolute atomic E-state index is 0.628. The lowest BCUT2D eigenvalue weighted by atomic mass is 10.0. The molecule has 2 heteroatoms. The highest BCUT2D eigenvalue weighted by Crippen LogP contribution is 2.47. The molecule has 2 rings (SSSR count). The fourth-order valence-electron chi connectivity index (χ4n) is 2.42. The second-order valence-electron chi connectivity index (χ2n) is 5.26. The van der Waals surface area contributed by atoms with Crippen LogP contribution in [0.25, 0.3) is 0 Å². The van der Waals surface area contributed by atoms with E-state index < -0.39 is 0 Å². The van der Waals surface area contributed by atoms with Gasteiger partial charge in [-0.1, -0.05) is 31.2 Å². The van der Waals surface area contributed by atoms with Crippen molar-refractivity contribution < 1.29 is 0 Å². The topological polar surface area (TPSA) is 38.0 Å². The van der Waals surface area contributed by atoms with Crippen molar-refractivity contribution in [2.24, 2.45) is 11.1 Å². The van der Waals surface area contributed by atoms with E-state index in [4.69, 9.17) is 5.73 Å². The lowest BCUT2D eigenvalue weighted by Gasteiger charge is -2.15. The number of benzene rings is 1. The predicted octanol–water partition coefficient (Wildman–Crippen LogP) is 2.47. The van der Waals surface area contributed by atoms with Crippen LogP contribution in [0, 0.1) is 5.41 Å². The van der Waals surface area contributed by atoms with E-state index in [0.29, 0.717) is 5.41 Å². The van der Waals surface area contributed by atoms with Crippen molar-refractivity contribution >= 4 is 0 Å². The first kappa shape index (κ1) is 12.6. The first-order valence-corrected chi connectivity index (χ1v) is 6.77. The summed E-state index contributed by atoms with van der Waals surface area (Å²) in [5.41, 5.74) is 9.07. The molecule has 1 fully saturated rings. The lowest BCUT2D eigenvalue weighted by Crippen LogP contribution is -2.23. The summed E-state index contributed by atoms with van der Waals surface area (Å²) in [5, 5.41) is 3.61. The van der Waals surface area contributed by atoms with E-state index in [1.807, 2.05) is 0 Å². The minimum Gasteiger partial charge on any atom is -0.330 e. The molecule has 1 aliphatic rings. The van der Waals surface area contributed by atoms with Gasteiger partial charge in [-0.05, 0) is 48.8 Å². The Morgan fingerprint density at radius 2 is 1.94 bits per heavy atom. The number of nitrogens with one attached hydrogen (secondary N) is 1. The standard InChI is InChI=1S/C15H24N2/c1-2-15(8-9-15)12-17-11-14-6-4-3-5-13(14)7-10-16/h3-6,17H,2,7-12,16H2,1H3. The summed E-state index contributed by atoms with van der Waals surface area (Å²) in [6, 6.07) is 8.62. The number of hydrogen-bond acceptors (Lipinski definition) is 2. The molecule has 1 saturated carbocycles. The Balaban J connectivity index is 1.85. The van der Waals surface area contributed by atoms with E-state index in [1.54, 1.807) is 0 Å². The van der Waals surface area contributed by atoms with Crippen LogP contribution in [-0.4, -0.2) is 13.1 Å². The molecule has 1 aromatic rings. The maximum Gasteiger partial charge on any atom is 0.0208 e. The number of hydrogen-bond donors (Lipinski definition) is 2. The molecule has 0 aromatic heterocycles. The smallest absolute Gasteiger partial charge is 0.0208 e. The molecule has 0 atom stereocenters. The summed E-state index contributed by atoms with van der Waals surface area (Å²) in [6.45, 7) is 5.19. The van der Waals surface area contributed by atoms with Crippen LogP contribution in [0.4, 0.5) is 0 Å². The van der Waals surface area contributed by atoms with Crippen LogP contribution in [0.2, 0.25) is 0 Å². The second kappa shape index (κ2) is 5.65. The van der Waals surface area contributed by atoms with Gasteiger partial charge in [0.2, 0.25) is 0 Å². The van der Waals surface area contributed by atoms with Gasteiger partial charge in [-0.2, -0.15) is 0 Å². The first-order chi connectivity index (χ1) is 8.29. The third-order valence-electron chi connectivity index (χ3n) is 4.05. The Bertz CT molecular complexity index is 356. The van der Waals surface area contributed by atoms with E-state index in [-0.39, 0.29) is 0 Å². The van der Waals surface area contributed by atoms with E-state index >= 15 is 0 Å². The summed E-state index contributed by atoms with van der Waals surface area (Å²) in [6.07, 6.45) is 5.10. The molecule has 0 radical (unpaired) electrons. The summed E-state index contributed by atoms with van der Waals surface area (Å²) in [5.74, 6) is 0. The monoisotopic (exact) mass is 232 g/mol. The van der Waals surface area contributed by atoms with Crippen LogP contribution in [0.3, 0.4) is 0 Å². The van der Waals surface area contributed by atoms with E-state index in [1.165, 1.54) is 36.9 Å². The van der Waals surface area contributed by atoms with Crippen molar-refractivity contribution in [2.75, 3.05) is 13.1 Å². The molecule has 0 saturated heterocycles. The lowest BCUT2D eigenvalue weighted by molar-refractivity contribution is 0.443. The molecule has 0 aliphatic heterocycles. The molecule has 0 amide bonds. The normalized spacial score (nSPS) is 17.1. The van der Waals surface area contributed by atoms with E-state index in [2.05, 4.69) is 36.5 Å². The van der Waals surface area contributed by atoms with Crippen LogP contribution in [0.15, 0.2) is 24.3 Å². The van der Waals surface area contributed by atoms with Gasteiger partial charge in [0.15, 0.2) is 0 Å². The molecule has 94 valence electrons. The van der Waals surface area contributed by atoms with Crippen LogP contribution < -0.4 is 11.1 Å². The van der Waals surface area contributed by atoms with Gasteiger partial charge in [-0.3, -0.25) is 0 Å². The van der Waals surface area contributed by atoms with Crippen LogP contribution in [0.1, 0.15) is 37.3 Å². The zero-order chi connectivity index (χ0) is 12.1. The molecular formula is C15H24N2. The van der Waals surface area contributed by atoms with Crippen molar-refractivity contribution in [2.45, 2.75) is 39.2 Å². The zero-order valence-electron chi connectivity index (χ0n) is 10.8. The summed E-state index contributed by atoms with van der Waals surface area (Å²) in [4.78, 5) is 0. The average Bonchev–Trinajstić information content (AvgIpc) is 3.12. The Labute approximate surface area is 105 Å². The predicted molar refractivity (Wildman–Crippen MR) is 72.9 cm³/mol. The van der Waals surface area contributed by atoms with Crippen molar-refractivity contribution in [3.8, 4) is 0 Å². The van der Waals surface area contributed by atoms with Gasteiger partial charge in [0.1, 0.15) is 0 Å². The van der Waals surface area contributed by atoms with Crippen LogP contribution in [-0.2, 0) is 13.0 Å². The van der Waals surface area contributed by atoms with Gasteiger partial charge in [0.05, 0.1) is 0 Å². The zero-order valence-corrected chi connectivity index (χ0v) is 10.8. The highest BCUT2D eigenvalue weighted by Gasteiger charge is 2.39. The molecule has 0 heterocycles. The van der Waals surface area contributed by atoms with Gasteiger partial charge in [-0.25, -0.2) is 0 Å². The van der Waals surface area contributed by atoms with Crippen molar-refractivity contribution in [3.05, 3.63) is 35.4 Å². The van der Waals surface area contributed by atoms with E-state index in [9.17, 15) is 0 Å². The first-order valence-electron chi connectivity index (χ1n) is 6.77. The molecule has 0 spiro atoms. The fraction of sp³-hybridized carbons (Fsp3) is 0.600. The highest BCUT2D eigenvalue weighted by molar-refractivity contribution is 5.27. The molecule has 1 aliphatic carbocycles. The van der Waals surface area contributed by atoms with Gasteiger partial charge in [-0.15, -0.1) is 0 Å². The largest absolute Gasteiger partial charge is 0.330 e. The maximum atomic E-state index is 5.64. The number of nitrogens with two attached hydrogens (primary N) is 1.